The van der Waals surface area contributed by atoms with E-state index in [0.29, 0.717) is 0 Å². The Kier molecular flexibility index (Phi) is 3.78. The van der Waals surface area contributed by atoms with Gasteiger partial charge in [0.1, 0.15) is 0 Å². The molecule has 0 aliphatic carbocycles. The van der Waals surface area contributed by atoms with Crippen LogP contribution < -0.4 is 16.2 Å². The molecular weight excluding hydrogens is 138 g/mol. The van der Waals surface area contributed by atoms with Gasteiger partial charge in [0.15, 0.2) is 0 Å². The first-order chi connectivity index (χ1) is 4.70. The molecule has 0 spiro atoms. The number of amides is 3. The molecule has 6 nitrogen and oxygen atoms in total. The molecule has 0 unspecified atom stereocenters. The zero-order valence-corrected chi connectivity index (χ0v) is 5.72. The highest BCUT2D eigenvalue weighted by Crippen LogP contribution is 1.65. The highest BCUT2D eigenvalue weighted by molar-refractivity contribution is 5.77. The molecule has 10 heavy (non-hydrogen) atoms. The van der Waals surface area contributed by atoms with Gasteiger partial charge in [-0.3, -0.25) is 0 Å². The Balaban J connectivity index is 3.35. The molecule has 0 aliphatic rings. The van der Waals surface area contributed by atoms with Gasteiger partial charge in [-0.25, -0.2) is 20.4 Å². The normalized spacial score (nSPS) is 7.80. The molecular formula is C4H9N3O3. The van der Waals surface area contributed by atoms with Gasteiger partial charge in [0.2, 0.25) is 0 Å². The van der Waals surface area contributed by atoms with Gasteiger partial charge < -0.3 is 10.1 Å². The van der Waals surface area contributed by atoms with E-state index in [9.17, 15) is 9.59 Å². The van der Waals surface area contributed by atoms with Gasteiger partial charge in [0.05, 0.1) is 7.11 Å². The number of methoxy groups -OCH3 is 1. The topological polar surface area (TPSA) is 79.5 Å². The van der Waals surface area contributed by atoms with Crippen LogP contribution in [-0.4, -0.2) is 26.3 Å². The minimum Gasteiger partial charge on any atom is -0.452 e. The Labute approximate surface area is 57.9 Å². The number of hydrogen-bond donors (Lipinski definition) is 3. The molecule has 0 aromatic rings. The van der Waals surface area contributed by atoms with Crippen molar-refractivity contribution in [3.8, 4) is 0 Å². The fourth-order valence-electron chi connectivity index (χ4n) is 0.221. The lowest BCUT2D eigenvalue weighted by atomic mass is 11.0. The Morgan fingerprint density at radius 3 is 2.30 bits per heavy atom. The van der Waals surface area contributed by atoms with E-state index >= 15 is 0 Å². The van der Waals surface area contributed by atoms with Crippen molar-refractivity contribution in [3.63, 3.8) is 0 Å². The molecule has 3 N–H and O–H groups in total. The molecule has 0 fully saturated rings. The van der Waals surface area contributed by atoms with Gasteiger partial charge in [-0.05, 0) is 0 Å². The van der Waals surface area contributed by atoms with Crippen molar-refractivity contribution < 1.29 is 14.3 Å². The molecule has 0 bridgehead atoms. The summed E-state index contributed by atoms with van der Waals surface area (Å²) >= 11 is 0. The number of urea groups is 1. The van der Waals surface area contributed by atoms with Crippen LogP contribution >= 0.6 is 0 Å². The molecule has 0 rings (SSSR count). The largest absolute Gasteiger partial charge is 0.452 e. The quantitative estimate of drug-likeness (QED) is 0.392. The van der Waals surface area contributed by atoms with Crippen molar-refractivity contribution in [1.82, 2.24) is 16.2 Å². The van der Waals surface area contributed by atoms with Crippen LogP contribution in [0.4, 0.5) is 9.59 Å². The predicted molar refractivity (Wildman–Crippen MR) is 33.1 cm³/mol. The SMILES string of the molecule is CNC(=O)NNC(=O)OC. The predicted octanol–water partition coefficient (Wildman–Crippen LogP) is -0.814. The van der Waals surface area contributed by atoms with Crippen LogP contribution in [0.2, 0.25) is 0 Å². The van der Waals surface area contributed by atoms with Crippen LogP contribution in [0.3, 0.4) is 0 Å². The summed E-state index contributed by atoms with van der Waals surface area (Å²) in [7, 11) is 2.62. The van der Waals surface area contributed by atoms with Crippen LogP contribution in [0, 0.1) is 0 Å². The molecule has 6 heteroatoms. The summed E-state index contributed by atoms with van der Waals surface area (Å²) in [5.41, 5.74) is 3.97. The lowest BCUT2D eigenvalue weighted by Gasteiger charge is -2.03. The van der Waals surface area contributed by atoms with Crippen LogP contribution in [0.5, 0.6) is 0 Å². The summed E-state index contributed by atoms with van der Waals surface area (Å²) in [5, 5.41) is 2.22. The van der Waals surface area contributed by atoms with Gasteiger partial charge in [-0.2, -0.15) is 0 Å². The third-order valence-electron chi connectivity index (χ3n) is 0.691. The molecule has 58 valence electrons. The molecule has 0 saturated heterocycles. The first-order valence-corrected chi connectivity index (χ1v) is 2.52. The summed E-state index contributed by atoms with van der Waals surface area (Å²) in [6.45, 7) is 0. The van der Waals surface area contributed by atoms with E-state index in [-0.39, 0.29) is 0 Å². The fourth-order valence-corrected chi connectivity index (χ4v) is 0.221. The number of carbonyl (C=O) groups excluding carboxylic acids is 2. The van der Waals surface area contributed by atoms with Crippen LogP contribution in [0.25, 0.3) is 0 Å². The van der Waals surface area contributed by atoms with E-state index in [4.69, 9.17) is 0 Å². The molecule has 0 aromatic heterocycles. The van der Waals surface area contributed by atoms with Crippen molar-refractivity contribution in [2.24, 2.45) is 0 Å². The molecule has 0 atom stereocenters. The highest BCUT2D eigenvalue weighted by atomic mass is 16.5. The third kappa shape index (κ3) is 3.53. The standard InChI is InChI=1S/C4H9N3O3/c1-5-3(8)6-7-4(9)10-2/h1-2H3,(H,7,9)(H2,5,6,8). The average Bonchev–Trinajstić information content (AvgIpc) is 1.99. The van der Waals surface area contributed by atoms with Crippen LogP contribution in [0.1, 0.15) is 0 Å². The van der Waals surface area contributed by atoms with E-state index in [1.165, 1.54) is 14.2 Å². The second-order valence-corrected chi connectivity index (χ2v) is 1.32. The van der Waals surface area contributed by atoms with Gasteiger partial charge in [-0.1, -0.05) is 0 Å². The van der Waals surface area contributed by atoms with Crippen LogP contribution in [-0.2, 0) is 4.74 Å². The molecule has 0 radical (unpaired) electrons. The van der Waals surface area contributed by atoms with Gasteiger partial charge in [-0.15, -0.1) is 0 Å². The number of nitrogens with one attached hydrogen (secondary N) is 3. The Bertz CT molecular complexity index is 120. The van der Waals surface area contributed by atoms with E-state index in [1.807, 2.05) is 10.9 Å². The number of hydrogen-bond acceptors (Lipinski definition) is 3. The first kappa shape index (κ1) is 8.54. The first-order valence-electron chi connectivity index (χ1n) is 2.52. The van der Waals surface area contributed by atoms with Gasteiger partial charge >= 0.3 is 12.1 Å². The summed E-state index contributed by atoms with van der Waals surface area (Å²) in [6.07, 6.45) is -0.719. The van der Waals surface area contributed by atoms with Gasteiger partial charge in [0.25, 0.3) is 0 Å². The van der Waals surface area contributed by atoms with Crippen molar-refractivity contribution in [2.75, 3.05) is 14.2 Å². The number of ether oxygens (including phenoxy) is 1. The summed E-state index contributed by atoms with van der Waals surface area (Å²) in [5.74, 6) is 0. The smallest absolute Gasteiger partial charge is 0.425 e. The summed E-state index contributed by atoms with van der Waals surface area (Å²) < 4.78 is 4.15. The van der Waals surface area contributed by atoms with Gasteiger partial charge in [0, 0.05) is 7.05 Å². The van der Waals surface area contributed by atoms with Crippen molar-refractivity contribution in [3.05, 3.63) is 0 Å². The van der Waals surface area contributed by atoms with Crippen molar-refractivity contribution in [2.45, 2.75) is 0 Å². The average molecular weight is 147 g/mol. The monoisotopic (exact) mass is 147 g/mol. The molecule has 3 amide bonds. The second-order valence-electron chi connectivity index (χ2n) is 1.32. The maximum Gasteiger partial charge on any atom is 0.425 e. The lowest BCUT2D eigenvalue weighted by molar-refractivity contribution is 0.165. The minimum atomic E-state index is -0.719. The van der Waals surface area contributed by atoms with E-state index in [0.717, 1.165) is 0 Å². The molecule has 0 saturated carbocycles. The molecule has 0 heterocycles. The Hall–Kier alpha value is -1.46. The van der Waals surface area contributed by atoms with Crippen LogP contribution in [0.15, 0.2) is 0 Å². The highest BCUT2D eigenvalue weighted by Gasteiger charge is 1.98. The lowest BCUT2D eigenvalue weighted by Crippen LogP contribution is -2.45. The fraction of sp³-hybridized carbons (Fsp3) is 0.500. The maximum atomic E-state index is 10.3. The number of rotatable bonds is 0. The third-order valence-corrected chi connectivity index (χ3v) is 0.691. The zero-order valence-electron chi connectivity index (χ0n) is 5.72. The van der Waals surface area contributed by atoms with Crippen molar-refractivity contribution >= 4 is 12.1 Å². The zero-order chi connectivity index (χ0) is 7.98. The van der Waals surface area contributed by atoms with E-state index < -0.39 is 12.1 Å². The summed E-state index contributed by atoms with van der Waals surface area (Å²) in [4.78, 5) is 20.6. The number of hydrazine groups is 1. The van der Waals surface area contributed by atoms with E-state index in [2.05, 4.69) is 10.1 Å². The maximum absolute atomic E-state index is 10.3. The number of carbonyl (C=O) groups is 2. The molecule has 0 aliphatic heterocycles. The Morgan fingerprint density at radius 1 is 1.30 bits per heavy atom. The minimum absolute atomic E-state index is 0.509. The Morgan fingerprint density at radius 2 is 1.90 bits per heavy atom. The van der Waals surface area contributed by atoms with Crippen molar-refractivity contribution in [1.29, 1.82) is 0 Å². The molecule has 0 aromatic carbocycles. The summed E-state index contributed by atoms with van der Waals surface area (Å²) in [6, 6.07) is -0.509. The van der Waals surface area contributed by atoms with E-state index in [1.54, 1.807) is 0 Å². The second kappa shape index (κ2) is 4.42.